The Labute approximate surface area is 204 Å². The van der Waals surface area contributed by atoms with Crippen LogP contribution in [0.5, 0.6) is 0 Å². The summed E-state index contributed by atoms with van der Waals surface area (Å²) < 4.78 is 0. The highest BCUT2D eigenvalue weighted by Crippen LogP contribution is 2.34. The minimum absolute atomic E-state index is 0.0240. The van der Waals surface area contributed by atoms with E-state index in [0.29, 0.717) is 24.6 Å². The van der Waals surface area contributed by atoms with E-state index in [1.54, 1.807) is 24.8 Å². The number of pyridine rings is 1. The van der Waals surface area contributed by atoms with Crippen molar-refractivity contribution in [3.05, 3.63) is 85.0 Å². The lowest BCUT2D eigenvalue weighted by atomic mass is 9.89. The van der Waals surface area contributed by atoms with Crippen molar-refractivity contribution in [3.8, 4) is 22.3 Å². The lowest BCUT2D eigenvalue weighted by Crippen LogP contribution is -2.39. The maximum atomic E-state index is 13.5. The molecular weight excluding hydrogens is 438 g/mol. The van der Waals surface area contributed by atoms with E-state index in [4.69, 9.17) is 4.98 Å². The van der Waals surface area contributed by atoms with Crippen LogP contribution in [0.3, 0.4) is 0 Å². The summed E-state index contributed by atoms with van der Waals surface area (Å²) in [5, 5.41) is 0. The number of aromatic nitrogens is 5. The van der Waals surface area contributed by atoms with Crippen LogP contribution in [-0.2, 0) is 0 Å². The number of likely N-dealkylation sites (tertiary alicyclic amines) is 1. The van der Waals surface area contributed by atoms with Gasteiger partial charge in [-0.1, -0.05) is 30.3 Å². The first kappa shape index (κ1) is 22.6. The number of amides is 1. The van der Waals surface area contributed by atoms with E-state index >= 15 is 0 Å². The van der Waals surface area contributed by atoms with Gasteiger partial charge < -0.3 is 9.80 Å². The number of nitrogens with zero attached hydrogens (tertiary/aromatic N) is 7. The van der Waals surface area contributed by atoms with Gasteiger partial charge in [0.1, 0.15) is 6.33 Å². The average Bonchev–Trinajstić information content (AvgIpc) is 2.93. The number of piperidine rings is 1. The fourth-order valence-corrected chi connectivity index (χ4v) is 4.48. The fourth-order valence-electron chi connectivity index (χ4n) is 4.48. The second kappa shape index (κ2) is 9.97. The van der Waals surface area contributed by atoms with Crippen molar-refractivity contribution in [1.82, 2.24) is 29.8 Å². The van der Waals surface area contributed by atoms with Crippen LogP contribution in [0.1, 0.15) is 34.8 Å². The van der Waals surface area contributed by atoms with Crippen molar-refractivity contribution in [2.45, 2.75) is 18.8 Å². The second-order valence-corrected chi connectivity index (χ2v) is 8.91. The molecule has 3 aromatic heterocycles. The van der Waals surface area contributed by atoms with Crippen molar-refractivity contribution >= 4 is 11.9 Å². The SMILES string of the molecule is CN(C)c1ncc(-c2ccccc2)c(C2CCCN(C(=O)c3cncc(-c4cncnc4)c3)C2)n1. The molecule has 35 heavy (non-hydrogen) atoms. The summed E-state index contributed by atoms with van der Waals surface area (Å²) in [5.41, 5.74) is 5.30. The number of rotatable bonds is 5. The molecule has 0 radical (unpaired) electrons. The van der Waals surface area contributed by atoms with Crippen LogP contribution in [0.15, 0.2) is 73.7 Å². The first-order valence-corrected chi connectivity index (χ1v) is 11.7. The molecule has 4 heterocycles. The van der Waals surface area contributed by atoms with E-state index in [9.17, 15) is 4.79 Å². The molecule has 0 saturated carbocycles. The van der Waals surface area contributed by atoms with E-state index in [2.05, 4.69) is 32.1 Å². The number of carbonyl (C=O) groups excluding carboxylic acids is 1. The van der Waals surface area contributed by atoms with Gasteiger partial charge in [0, 0.05) is 80.8 Å². The largest absolute Gasteiger partial charge is 0.347 e. The maximum Gasteiger partial charge on any atom is 0.255 e. The molecular formula is C27H27N7O. The molecule has 176 valence electrons. The molecule has 8 nitrogen and oxygen atoms in total. The number of anilines is 1. The summed E-state index contributed by atoms with van der Waals surface area (Å²) in [4.78, 5) is 39.3. The van der Waals surface area contributed by atoms with Gasteiger partial charge in [0.05, 0.1) is 11.3 Å². The smallest absolute Gasteiger partial charge is 0.255 e. The molecule has 1 saturated heterocycles. The predicted octanol–water partition coefficient (Wildman–Crippen LogP) is 4.08. The summed E-state index contributed by atoms with van der Waals surface area (Å²) in [5.74, 6) is 0.762. The van der Waals surface area contributed by atoms with Gasteiger partial charge in [0.15, 0.2) is 0 Å². The average molecular weight is 466 g/mol. The van der Waals surface area contributed by atoms with Crippen LogP contribution >= 0.6 is 0 Å². The number of hydrogen-bond donors (Lipinski definition) is 0. The molecule has 0 bridgehead atoms. The zero-order chi connectivity index (χ0) is 24.2. The van der Waals surface area contributed by atoms with E-state index in [1.165, 1.54) is 6.33 Å². The van der Waals surface area contributed by atoms with Crippen LogP contribution in [0.4, 0.5) is 5.95 Å². The van der Waals surface area contributed by atoms with Crippen LogP contribution in [-0.4, -0.2) is 62.9 Å². The van der Waals surface area contributed by atoms with Crippen LogP contribution in [0.25, 0.3) is 22.3 Å². The summed E-state index contributed by atoms with van der Waals surface area (Å²) in [6, 6.07) is 12.1. The monoisotopic (exact) mass is 465 g/mol. The van der Waals surface area contributed by atoms with Gasteiger partial charge in [0.25, 0.3) is 5.91 Å². The molecule has 1 aliphatic rings. The molecule has 5 rings (SSSR count). The number of hydrogen-bond acceptors (Lipinski definition) is 7. The van der Waals surface area contributed by atoms with Gasteiger partial charge >= 0.3 is 0 Å². The molecule has 0 aliphatic carbocycles. The molecule has 4 aromatic rings. The van der Waals surface area contributed by atoms with E-state index in [0.717, 1.165) is 40.8 Å². The first-order chi connectivity index (χ1) is 17.1. The third-order valence-electron chi connectivity index (χ3n) is 6.26. The molecule has 1 fully saturated rings. The van der Waals surface area contributed by atoms with Gasteiger partial charge in [-0.15, -0.1) is 0 Å². The summed E-state index contributed by atoms with van der Waals surface area (Å²) in [6.07, 6.45) is 12.1. The third-order valence-corrected chi connectivity index (χ3v) is 6.26. The highest BCUT2D eigenvalue weighted by atomic mass is 16.2. The van der Waals surface area contributed by atoms with Gasteiger partial charge in [-0.2, -0.15) is 0 Å². The molecule has 0 spiro atoms. The molecule has 0 N–H and O–H groups in total. The summed E-state index contributed by atoms with van der Waals surface area (Å²) in [6.45, 7) is 1.31. The quantitative estimate of drug-likeness (QED) is 0.439. The van der Waals surface area contributed by atoms with E-state index in [1.807, 2.05) is 54.4 Å². The van der Waals surface area contributed by atoms with Gasteiger partial charge in [-0.05, 0) is 24.5 Å². The van der Waals surface area contributed by atoms with Gasteiger partial charge in [-0.25, -0.2) is 19.9 Å². The molecule has 1 aromatic carbocycles. The highest BCUT2D eigenvalue weighted by Gasteiger charge is 2.29. The number of carbonyl (C=O) groups is 1. The Morgan fingerprint density at radius 1 is 0.943 bits per heavy atom. The Bertz CT molecular complexity index is 1310. The Kier molecular flexibility index (Phi) is 6.43. The zero-order valence-corrected chi connectivity index (χ0v) is 19.9. The van der Waals surface area contributed by atoms with Crippen molar-refractivity contribution in [2.75, 3.05) is 32.1 Å². The Morgan fingerprint density at radius 3 is 2.49 bits per heavy atom. The van der Waals surface area contributed by atoms with Crippen molar-refractivity contribution < 1.29 is 4.79 Å². The molecule has 8 heteroatoms. The Balaban J connectivity index is 1.44. The molecule has 1 aliphatic heterocycles. The highest BCUT2D eigenvalue weighted by molar-refractivity contribution is 5.95. The Morgan fingerprint density at radius 2 is 1.71 bits per heavy atom. The maximum absolute atomic E-state index is 13.5. The first-order valence-electron chi connectivity index (χ1n) is 11.7. The van der Waals surface area contributed by atoms with Crippen molar-refractivity contribution in [3.63, 3.8) is 0 Å². The number of benzene rings is 1. The zero-order valence-electron chi connectivity index (χ0n) is 19.9. The lowest BCUT2D eigenvalue weighted by Gasteiger charge is -2.33. The summed E-state index contributed by atoms with van der Waals surface area (Å²) >= 11 is 0. The van der Waals surface area contributed by atoms with Crippen LogP contribution in [0, 0.1) is 0 Å². The van der Waals surface area contributed by atoms with Crippen molar-refractivity contribution in [2.24, 2.45) is 0 Å². The molecule has 1 amide bonds. The van der Waals surface area contributed by atoms with Crippen LogP contribution in [0.2, 0.25) is 0 Å². The minimum atomic E-state index is -0.0240. The van der Waals surface area contributed by atoms with Crippen LogP contribution < -0.4 is 4.90 Å². The normalized spacial score (nSPS) is 15.6. The second-order valence-electron chi connectivity index (χ2n) is 8.91. The lowest BCUT2D eigenvalue weighted by molar-refractivity contribution is 0.0705. The standard InChI is InChI=1S/C27H27N7O/c1-33(2)27-31-16-24(19-7-4-3-5-8-19)25(32-27)20-9-6-10-34(17-20)26(35)22-11-21(12-28-13-22)23-14-29-18-30-15-23/h3-5,7-8,11-16,18,20H,6,9-10,17H2,1-2H3. The van der Waals surface area contributed by atoms with Gasteiger partial charge in [0.2, 0.25) is 5.95 Å². The molecule has 1 unspecified atom stereocenters. The topological polar surface area (TPSA) is 88.0 Å². The summed E-state index contributed by atoms with van der Waals surface area (Å²) in [7, 11) is 3.88. The Hall–Kier alpha value is -4.20. The third kappa shape index (κ3) is 4.87. The predicted molar refractivity (Wildman–Crippen MR) is 135 cm³/mol. The van der Waals surface area contributed by atoms with Crippen molar-refractivity contribution in [1.29, 1.82) is 0 Å². The molecule has 1 atom stereocenters. The fraction of sp³-hybridized carbons (Fsp3) is 0.259. The minimum Gasteiger partial charge on any atom is -0.347 e. The van der Waals surface area contributed by atoms with Gasteiger partial charge in [-0.3, -0.25) is 9.78 Å². The van der Waals surface area contributed by atoms with E-state index in [-0.39, 0.29) is 11.8 Å². The van der Waals surface area contributed by atoms with E-state index < -0.39 is 0 Å².